The lowest BCUT2D eigenvalue weighted by Crippen LogP contribution is -2.50. The Morgan fingerprint density at radius 1 is 0.919 bits per heavy atom. The van der Waals surface area contributed by atoms with Gasteiger partial charge in [0.15, 0.2) is 0 Å². The molecule has 3 aromatic rings. The number of likely N-dealkylation sites (tertiary alicyclic amines) is 1. The average Bonchev–Trinajstić information content (AvgIpc) is 3.44. The summed E-state index contributed by atoms with van der Waals surface area (Å²) in [5.41, 5.74) is 1.98. The molecule has 2 fully saturated rings. The minimum absolute atomic E-state index is 0.107. The molecule has 3 aromatic carbocycles. The van der Waals surface area contributed by atoms with Crippen LogP contribution in [0, 0.1) is 6.92 Å². The fourth-order valence-electron chi connectivity index (χ4n) is 5.25. The van der Waals surface area contributed by atoms with Crippen LogP contribution in [-0.4, -0.2) is 56.9 Å². The fraction of sp³-hybridized carbons (Fsp3) is 0.357. The van der Waals surface area contributed by atoms with Crippen molar-refractivity contribution in [3.05, 3.63) is 71.8 Å². The summed E-state index contributed by atoms with van der Waals surface area (Å²) in [6, 6.07) is 17.3. The Morgan fingerprint density at radius 2 is 1.62 bits per heavy atom. The summed E-state index contributed by atoms with van der Waals surface area (Å²) < 4.78 is 29.8. The topological polar surface area (TPSA) is 108 Å². The van der Waals surface area contributed by atoms with Crippen LogP contribution in [0.1, 0.15) is 41.6 Å². The minimum Gasteiger partial charge on any atom is -0.341 e. The first-order valence-electron chi connectivity index (χ1n) is 12.8. The molecule has 0 aromatic heterocycles. The van der Waals surface area contributed by atoms with Gasteiger partial charge < -0.3 is 15.5 Å². The van der Waals surface area contributed by atoms with Gasteiger partial charge in [-0.1, -0.05) is 42.5 Å². The van der Waals surface area contributed by atoms with Crippen LogP contribution in [0.2, 0.25) is 0 Å². The van der Waals surface area contributed by atoms with Gasteiger partial charge in [-0.3, -0.25) is 9.59 Å². The van der Waals surface area contributed by atoms with E-state index in [1.807, 2.05) is 42.2 Å². The predicted octanol–water partition coefficient (Wildman–Crippen LogP) is 3.42. The molecule has 0 radical (unpaired) electrons. The molecule has 0 saturated carbocycles. The first kappa shape index (κ1) is 25.4. The number of nitrogens with one attached hydrogen (secondary N) is 3. The van der Waals surface area contributed by atoms with E-state index in [0.29, 0.717) is 48.0 Å². The lowest BCUT2D eigenvalue weighted by molar-refractivity contribution is -0.134. The normalized spacial score (nSPS) is 18.7. The highest BCUT2D eigenvalue weighted by Crippen LogP contribution is 2.30. The largest absolute Gasteiger partial charge is 0.341 e. The molecule has 3 N–H and O–H groups in total. The summed E-state index contributed by atoms with van der Waals surface area (Å²) in [6.07, 6.45) is 3.01. The SMILES string of the molecule is Cc1ccccc1C(=O)Nc1ccc(S(=O)(=O)NC2CCN(C(=O)C3CCCN3)CC2)c2ccccc12. The first-order chi connectivity index (χ1) is 17.8. The third-order valence-corrected chi connectivity index (χ3v) is 8.88. The average molecular weight is 521 g/mol. The van der Waals surface area contributed by atoms with E-state index in [9.17, 15) is 18.0 Å². The third kappa shape index (κ3) is 5.39. The van der Waals surface area contributed by atoms with Crippen molar-refractivity contribution in [2.45, 2.75) is 49.6 Å². The van der Waals surface area contributed by atoms with E-state index in [1.165, 1.54) is 0 Å². The molecular weight excluding hydrogens is 488 g/mol. The maximum absolute atomic E-state index is 13.4. The molecule has 0 aliphatic carbocycles. The Balaban J connectivity index is 1.32. The standard InChI is InChI=1S/C28H32N4O4S/c1-19-7-2-3-8-21(19)27(33)30-24-12-13-26(23-10-5-4-9-22(23)24)37(35,36)31-20-14-17-32(18-15-20)28(34)25-11-6-16-29-25/h2-5,7-10,12-13,20,25,29,31H,6,11,14-18H2,1H3,(H,30,33). The molecule has 1 unspecified atom stereocenters. The number of carbonyl (C=O) groups excluding carboxylic acids is 2. The van der Waals surface area contributed by atoms with Gasteiger partial charge in [0.25, 0.3) is 5.91 Å². The van der Waals surface area contributed by atoms with Crippen molar-refractivity contribution < 1.29 is 18.0 Å². The second-order valence-corrected chi connectivity index (χ2v) is 11.5. The van der Waals surface area contributed by atoms with Crippen LogP contribution >= 0.6 is 0 Å². The molecule has 8 nitrogen and oxygen atoms in total. The number of carbonyl (C=O) groups is 2. The fourth-order valence-corrected chi connectivity index (χ4v) is 6.76. The molecule has 5 rings (SSSR count). The number of anilines is 1. The second kappa shape index (κ2) is 10.6. The second-order valence-electron chi connectivity index (χ2n) is 9.80. The van der Waals surface area contributed by atoms with Gasteiger partial charge in [0, 0.05) is 41.2 Å². The van der Waals surface area contributed by atoms with Crippen molar-refractivity contribution in [2.24, 2.45) is 0 Å². The van der Waals surface area contributed by atoms with Crippen molar-refractivity contribution >= 4 is 38.3 Å². The van der Waals surface area contributed by atoms with E-state index >= 15 is 0 Å². The molecule has 2 aliphatic heterocycles. The summed E-state index contributed by atoms with van der Waals surface area (Å²) in [7, 11) is -3.82. The number of fused-ring (bicyclic) bond motifs is 1. The number of hydrogen-bond acceptors (Lipinski definition) is 5. The molecule has 2 aliphatic rings. The summed E-state index contributed by atoms with van der Waals surface area (Å²) in [5, 5.41) is 7.37. The van der Waals surface area contributed by atoms with Gasteiger partial charge in [-0.25, -0.2) is 13.1 Å². The number of nitrogens with zero attached hydrogens (tertiary/aromatic N) is 1. The molecule has 2 saturated heterocycles. The summed E-state index contributed by atoms with van der Waals surface area (Å²) in [4.78, 5) is 27.6. The zero-order valence-corrected chi connectivity index (χ0v) is 21.7. The monoisotopic (exact) mass is 520 g/mol. The quantitative estimate of drug-likeness (QED) is 0.462. The number of piperidine rings is 1. The van der Waals surface area contributed by atoms with Gasteiger partial charge in [0.1, 0.15) is 0 Å². The smallest absolute Gasteiger partial charge is 0.255 e. The Labute approximate surface area is 217 Å². The number of rotatable bonds is 6. The maximum Gasteiger partial charge on any atom is 0.255 e. The van der Waals surface area contributed by atoms with E-state index < -0.39 is 10.0 Å². The molecule has 2 amide bonds. The van der Waals surface area contributed by atoms with E-state index in [2.05, 4.69) is 15.4 Å². The number of amides is 2. The van der Waals surface area contributed by atoms with Crippen LogP contribution in [0.15, 0.2) is 65.6 Å². The van der Waals surface area contributed by atoms with Crippen LogP contribution in [0.3, 0.4) is 0 Å². The highest BCUT2D eigenvalue weighted by atomic mass is 32.2. The zero-order chi connectivity index (χ0) is 26.0. The number of aryl methyl sites for hydroxylation is 1. The van der Waals surface area contributed by atoms with Crippen molar-refractivity contribution in [1.82, 2.24) is 14.9 Å². The Morgan fingerprint density at radius 3 is 2.32 bits per heavy atom. The van der Waals surface area contributed by atoms with Crippen molar-refractivity contribution in [1.29, 1.82) is 0 Å². The van der Waals surface area contributed by atoms with Crippen LogP contribution in [0.5, 0.6) is 0 Å². The third-order valence-electron chi connectivity index (χ3n) is 7.30. The number of hydrogen-bond donors (Lipinski definition) is 3. The van der Waals surface area contributed by atoms with Crippen LogP contribution < -0.4 is 15.4 Å². The van der Waals surface area contributed by atoms with E-state index in [4.69, 9.17) is 0 Å². The van der Waals surface area contributed by atoms with Crippen LogP contribution in [-0.2, 0) is 14.8 Å². The minimum atomic E-state index is -3.82. The van der Waals surface area contributed by atoms with Crippen molar-refractivity contribution in [3.8, 4) is 0 Å². The first-order valence-corrected chi connectivity index (χ1v) is 14.2. The van der Waals surface area contributed by atoms with Gasteiger partial charge in [0.2, 0.25) is 15.9 Å². The lowest BCUT2D eigenvalue weighted by atomic mass is 10.0. The van der Waals surface area contributed by atoms with E-state index in [0.717, 1.165) is 24.9 Å². The number of benzene rings is 3. The molecule has 0 spiro atoms. The molecule has 37 heavy (non-hydrogen) atoms. The summed E-state index contributed by atoms with van der Waals surface area (Å²) in [6.45, 7) is 3.82. The highest BCUT2D eigenvalue weighted by molar-refractivity contribution is 7.89. The maximum atomic E-state index is 13.4. The van der Waals surface area contributed by atoms with Gasteiger partial charge in [-0.2, -0.15) is 0 Å². The van der Waals surface area contributed by atoms with E-state index in [-0.39, 0.29) is 28.8 Å². The van der Waals surface area contributed by atoms with Gasteiger partial charge in [-0.15, -0.1) is 0 Å². The van der Waals surface area contributed by atoms with Crippen molar-refractivity contribution in [2.75, 3.05) is 25.0 Å². The molecular formula is C28H32N4O4S. The zero-order valence-electron chi connectivity index (χ0n) is 20.9. The molecule has 1 atom stereocenters. The number of sulfonamides is 1. The van der Waals surface area contributed by atoms with Gasteiger partial charge in [-0.05, 0) is 62.9 Å². The molecule has 2 heterocycles. The molecule has 194 valence electrons. The molecule has 0 bridgehead atoms. The van der Waals surface area contributed by atoms with Crippen molar-refractivity contribution in [3.63, 3.8) is 0 Å². The lowest BCUT2D eigenvalue weighted by Gasteiger charge is -2.33. The van der Waals surface area contributed by atoms with Crippen LogP contribution in [0.4, 0.5) is 5.69 Å². The van der Waals surface area contributed by atoms with E-state index in [1.54, 1.807) is 30.3 Å². The Bertz CT molecular complexity index is 1430. The summed E-state index contributed by atoms with van der Waals surface area (Å²) in [5.74, 6) is -0.126. The molecule has 9 heteroatoms. The Kier molecular flexibility index (Phi) is 7.28. The predicted molar refractivity (Wildman–Crippen MR) is 144 cm³/mol. The summed E-state index contributed by atoms with van der Waals surface area (Å²) >= 11 is 0. The van der Waals surface area contributed by atoms with Crippen LogP contribution in [0.25, 0.3) is 10.8 Å². The highest BCUT2D eigenvalue weighted by Gasteiger charge is 2.31. The van der Waals surface area contributed by atoms with Gasteiger partial charge >= 0.3 is 0 Å². The Hall–Kier alpha value is -3.27. The van der Waals surface area contributed by atoms with Gasteiger partial charge in [0.05, 0.1) is 10.9 Å².